The summed E-state index contributed by atoms with van der Waals surface area (Å²) in [5.74, 6) is 0.873. The molecular formula is C15H19N5O3. The van der Waals surface area contributed by atoms with Gasteiger partial charge in [-0.15, -0.1) is 0 Å². The zero-order valence-corrected chi connectivity index (χ0v) is 12.9. The predicted octanol–water partition coefficient (Wildman–Crippen LogP) is 0.468. The van der Waals surface area contributed by atoms with Gasteiger partial charge in [-0.1, -0.05) is 5.16 Å². The molecule has 1 aliphatic rings. The molecule has 8 nitrogen and oxygen atoms in total. The van der Waals surface area contributed by atoms with Crippen LogP contribution in [0.4, 0.5) is 0 Å². The van der Waals surface area contributed by atoms with Gasteiger partial charge in [0.25, 0.3) is 0 Å². The maximum Gasteiger partial charge on any atom is 0.246 e. The first-order chi connectivity index (χ1) is 11.2. The van der Waals surface area contributed by atoms with Gasteiger partial charge in [0.15, 0.2) is 0 Å². The number of rotatable bonds is 5. The van der Waals surface area contributed by atoms with Crippen LogP contribution >= 0.6 is 0 Å². The number of carbonyl (C=O) groups excluding carboxylic acids is 1. The number of amides is 1. The van der Waals surface area contributed by atoms with Crippen molar-refractivity contribution in [2.75, 3.05) is 26.8 Å². The van der Waals surface area contributed by atoms with Gasteiger partial charge in [0.2, 0.25) is 17.6 Å². The smallest absolute Gasteiger partial charge is 0.246 e. The summed E-state index contributed by atoms with van der Waals surface area (Å²) in [6.45, 7) is 2.31. The van der Waals surface area contributed by atoms with E-state index < -0.39 is 0 Å². The minimum atomic E-state index is 0.00845. The summed E-state index contributed by atoms with van der Waals surface area (Å²) in [7, 11) is 1.72. The van der Waals surface area contributed by atoms with E-state index in [0.717, 1.165) is 12.1 Å². The fourth-order valence-corrected chi connectivity index (χ4v) is 2.34. The molecule has 0 radical (unpaired) electrons. The molecule has 0 bridgehead atoms. The zero-order chi connectivity index (χ0) is 16.1. The van der Waals surface area contributed by atoms with Crippen LogP contribution in [0, 0.1) is 0 Å². The Morgan fingerprint density at radius 1 is 1.52 bits per heavy atom. The fraction of sp³-hybridized carbons (Fsp3) is 0.467. The average molecular weight is 317 g/mol. The first-order valence-corrected chi connectivity index (χ1v) is 7.50. The molecule has 0 spiro atoms. The topological polar surface area (TPSA) is 93.4 Å². The lowest BCUT2D eigenvalue weighted by molar-refractivity contribution is -0.132. The summed E-state index contributed by atoms with van der Waals surface area (Å²) in [5.41, 5.74) is 0.778. The van der Waals surface area contributed by atoms with E-state index in [2.05, 4.69) is 20.4 Å². The van der Waals surface area contributed by atoms with Gasteiger partial charge in [0, 0.05) is 44.0 Å². The summed E-state index contributed by atoms with van der Waals surface area (Å²) in [6, 6.07) is 3.72. The van der Waals surface area contributed by atoms with E-state index in [4.69, 9.17) is 9.26 Å². The molecule has 1 amide bonds. The van der Waals surface area contributed by atoms with E-state index >= 15 is 0 Å². The van der Waals surface area contributed by atoms with Crippen LogP contribution in [0.25, 0.3) is 11.4 Å². The van der Waals surface area contributed by atoms with Crippen LogP contribution in [0.5, 0.6) is 0 Å². The number of carbonyl (C=O) groups is 1. The van der Waals surface area contributed by atoms with Gasteiger partial charge in [0.05, 0.1) is 19.8 Å². The number of morpholine rings is 1. The lowest BCUT2D eigenvalue weighted by Crippen LogP contribution is -2.44. The second kappa shape index (κ2) is 7.30. The van der Waals surface area contributed by atoms with Gasteiger partial charge in [0.1, 0.15) is 0 Å². The van der Waals surface area contributed by atoms with Crippen LogP contribution in [-0.2, 0) is 16.1 Å². The second-order valence-electron chi connectivity index (χ2n) is 5.43. The molecule has 1 saturated heterocycles. The van der Waals surface area contributed by atoms with Crippen molar-refractivity contribution in [3.8, 4) is 11.4 Å². The summed E-state index contributed by atoms with van der Waals surface area (Å²) in [4.78, 5) is 22.1. The van der Waals surface area contributed by atoms with Crippen molar-refractivity contribution in [2.45, 2.75) is 19.0 Å². The van der Waals surface area contributed by atoms with Crippen LogP contribution in [0.1, 0.15) is 12.3 Å². The van der Waals surface area contributed by atoms with Gasteiger partial charge in [-0.2, -0.15) is 4.98 Å². The number of nitrogens with one attached hydrogen (secondary N) is 1. The van der Waals surface area contributed by atoms with E-state index in [1.807, 2.05) is 6.07 Å². The summed E-state index contributed by atoms with van der Waals surface area (Å²) in [6.07, 6.45) is 3.73. The molecule has 1 fully saturated rings. The van der Waals surface area contributed by atoms with E-state index in [-0.39, 0.29) is 18.5 Å². The number of ether oxygens (including phenoxy) is 1. The Bertz CT molecular complexity index is 640. The molecule has 2 aromatic rings. The van der Waals surface area contributed by atoms with Gasteiger partial charge in [-0.25, -0.2) is 0 Å². The minimum absolute atomic E-state index is 0.00845. The van der Waals surface area contributed by atoms with E-state index in [1.54, 1.807) is 30.4 Å². The SMILES string of the molecule is CN(Cc1nc(-c2cccnc2)no1)C(=O)C[C@H]1COCCN1. The first kappa shape index (κ1) is 15.6. The summed E-state index contributed by atoms with van der Waals surface area (Å²) < 4.78 is 10.6. The molecule has 23 heavy (non-hydrogen) atoms. The largest absolute Gasteiger partial charge is 0.378 e. The quantitative estimate of drug-likeness (QED) is 0.856. The summed E-state index contributed by atoms with van der Waals surface area (Å²) >= 11 is 0. The molecule has 122 valence electrons. The lowest BCUT2D eigenvalue weighted by atomic mass is 10.2. The number of hydrogen-bond donors (Lipinski definition) is 1. The highest BCUT2D eigenvalue weighted by atomic mass is 16.5. The maximum atomic E-state index is 12.2. The Kier molecular flexibility index (Phi) is 4.94. The van der Waals surface area contributed by atoms with Gasteiger partial charge in [-0.3, -0.25) is 9.78 Å². The average Bonchev–Trinajstić information content (AvgIpc) is 3.05. The molecule has 3 rings (SSSR count). The third kappa shape index (κ3) is 4.11. The Morgan fingerprint density at radius 2 is 2.43 bits per heavy atom. The van der Waals surface area contributed by atoms with E-state index in [0.29, 0.717) is 31.3 Å². The second-order valence-corrected chi connectivity index (χ2v) is 5.43. The fourth-order valence-electron chi connectivity index (χ4n) is 2.34. The first-order valence-electron chi connectivity index (χ1n) is 7.50. The minimum Gasteiger partial charge on any atom is -0.378 e. The van der Waals surface area contributed by atoms with Crippen molar-refractivity contribution < 1.29 is 14.1 Å². The van der Waals surface area contributed by atoms with Crippen molar-refractivity contribution in [1.82, 2.24) is 25.3 Å². The number of pyridine rings is 1. The Labute approximate surface area is 133 Å². The Morgan fingerprint density at radius 3 is 3.17 bits per heavy atom. The van der Waals surface area contributed by atoms with Crippen LogP contribution < -0.4 is 5.32 Å². The van der Waals surface area contributed by atoms with Gasteiger partial charge in [-0.05, 0) is 12.1 Å². The monoisotopic (exact) mass is 317 g/mol. The third-order valence-electron chi connectivity index (χ3n) is 3.61. The van der Waals surface area contributed by atoms with E-state index in [9.17, 15) is 4.79 Å². The molecule has 2 aromatic heterocycles. The predicted molar refractivity (Wildman–Crippen MR) is 81.2 cm³/mol. The molecule has 0 aliphatic carbocycles. The molecule has 0 aromatic carbocycles. The highest BCUT2D eigenvalue weighted by molar-refractivity contribution is 5.76. The lowest BCUT2D eigenvalue weighted by Gasteiger charge is -2.25. The molecule has 1 aliphatic heterocycles. The molecule has 1 atom stereocenters. The Balaban J connectivity index is 1.56. The molecule has 0 saturated carbocycles. The third-order valence-corrected chi connectivity index (χ3v) is 3.61. The summed E-state index contributed by atoms with van der Waals surface area (Å²) in [5, 5.41) is 7.18. The van der Waals surface area contributed by atoms with Crippen LogP contribution in [0.3, 0.4) is 0 Å². The molecule has 1 N–H and O–H groups in total. The van der Waals surface area contributed by atoms with Crippen LogP contribution in [-0.4, -0.2) is 58.8 Å². The van der Waals surface area contributed by atoms with Crippen LogP contribution in [0.2, 0.25) is 0 Å². The van der Waals surface area contributed by atoms with Crippen molar-refractivity contribution in [3.05, 3.63) is 30.4 Å². The van der Waals surface area contributed by atoms with Gasteiger partial charge < -0.3 is 19.5 Å². The highest BCUT2D eigenvalue weighted by Crippen LogP contribution is 2.14. The Hall–Kier alpha value is -2.32. The van der Waals surface area contributed by atoms with Crippen molar-refractivity contribution >= 4 is 5.91 Å². The van der Waals surface area contributed by atoms with E-state index in [1.165, 1.54) is 0 Å². The molecule has 0 unspecified atom stereocenters. The van der Waals surface area contributed by atoms with Crippen molar-refractivity contribution in [2.24, 2.45) is 0 Å². The molecule has 3 heterocycles. The molecular weight excluding hydrogens is 298 g/mol. The number of aromatic nitrogens is 3. The standard InChI is InChI=1S/C15H19N5O3/c1-20(14(21)7-12-10-22-6-5-17-12)9-13-18-15(19-23-13)11-3-2-4-16-8-11/h2-4,8,12,17H,5-7,9-10H2,1H3/t12-/m0/s1. The molecule has 8 heteroatoms. The normalized spacial score (nSPS) is 17.9. The van der Waals surface area contributed by atoms with Crippen molar-refractivity contribution in [3.63, 3.8) is 0 Å². The van der Waals surface area contributed by atoms with Crippen LogP contribution in [0.15, 0.2) is 29.0 Å². The highest BCUT2D eigenvalue weighted by Gasteiger charge is 2.20. The zero-order valence-electron chi connectivity index (χ0n) is 12.9. The number of nitrogens with zero attached hydrogens (tertiary/aromatic N) is 4. The van der Waals surface area contributed by atoms with Crippen molar-refractivity contribution in [1.29, 1.82) is 0 Å². The number of hydrogen-bond acceptors (Lipinski definition) is 7. The van der Waals surface area contributed by atoms with Gasteiger partial charge >= 0.3 is 0 Å². The maximum absolute atomic E-state index is 12.2.